The van der Waals surface area contributed by atoms with Crippen LogP contribution < -0.4 is 5.32 Å². The first-order valence-electron chi connectivity index (χ1n) is 5.59. The highest BCUT2D eigenvalue weighted by Gasteiger charge is 2.31. The molecule has 1 rings (SSSR count). The Bertz CT molecular complexity index is 392. The number of anilines is 1. The number of hydrogen-bond acceptors (Lipinski definition) is 1. The van der Waals surface area contributed by atoms with Crippen LogP contribution in [0.3, 0.4) is 0 Å². The monoisotopic (exact) mass is 283 g/mol. The highest BCUT2D eigenvalue weighted by molar-refractivity contribution is 6.20. The van der Waals surface area contributed by atoms with Crippen molar-refractivity contribution in [3.8, 4) is 0 Å². The molecule has 102 valence electrons. The minimum atomic E-state index is -4.53. The van der Waals surface area contributed by atoms with Gasteiger partial charge in [0, 0.05) is 6.54 Å². The minimum Gasteiger partial charge on any atom is -0.381 e. The van der Waals surface area contributed by atoms with Gasteiger partial charge < -0.3 is 5.32 Å². The molecule has 0 aliphatic heterocycles. The molecule has 0 amide bonds. The normalized spacial score (nSPS) is 13.4. The van der Waals surface area contributed by atoms with Gasteiger partial charge in [-0.1, -0.05) is 13.3 Å². The van der Waals surface area contributed by atoms with Gasteiger partial charge in [-0.3, -0.25) is 0 Å². The van der Waals surface area contributed by atoms with Crippen molar-refractivity contribution < 1.29 is 17.6 Å². The van der Waals surface area contributed by atoms with Crippen LogP contribution in [0.5, 0.6) is 0 Å². The van der Waals surface area contributed by atoms with Gasteiger partial charge in [-0.05, 0) is 24.6 Å². The molecule has 0 heterocycles. The zero-order chi connectivity index (χ0) is 13.8. The lowest BCUT2D eigenvalue weighted by Gasteiger charge is -2.13. The summed E-state index contributed by atoms with van der Waals surface area (Å²) in [4.78, 5) is 0. The summed E-state index contributed by atoms with van der Waals surface area (Å²) in [5.41, 5.74) is -0.966. The molecular formula is C12H14ClF4N. The van der Waals surface area contributed by atoms with Crippen LogP contribution in [0.2, 0.25) is 0 Å². The first-order chi connectivity index (χ1) is 8.34. The molecule has 0 spiro atoms. The standard InChI is InChI=1S/C12H14ClF4N/c1-2-3-9(13)7-18-11-5-4-8(6-10(11)14)12(15,16)17/h4-6,9,18H,2-3,7H2,1H3. The molecule has 0 radical (unpaired) electrons. The van der Waals surface area contributed by atoms with E-state index < -0.39 is 17.6 Å². The predicted molar refractivity (Wildman–Crippen MR) is 64.4 cm³/mol. The molecule has 1 atom stereocenters. The van der Waals surface area contributed by atoms with Gasteiger partial charge in [0.2, 0.25) is 0 Å². The van der Waals surface area contributed by atoms with Gasteiger partial charge in [-0.25, -0.2) is 4.39 Å². The zero-order valence-electron chi connectivity index (χ0n) is 9.82. The Labute approximate surface area is 108 Å². The fraction of sp³-hybridized carbons (Fsp3) is 0.500. The number of hydrogen-bond donors (Lipinski definition) is 1. The quantitative estimate of drug-likeness (QED) is 0.612. The Morgan fingerprint density at radius 3 is 2.50 bits per heavy atom. The number of halogens is 5. The molecule has 0 aliphatic carbocycles. The maximum atomic E-state index is 13.4. The van der Waals surface area contributed by atoms with Crippen LogP contribution >= 0.6 is 11.6 Å². The van der Waals surface area contributed by atoms with Crippen LogP contribution in [-0.4, -0.2) is 11.9 Å². The first kappa shape index (κ1) is 15.1. The van der Waals surface area contributed by atoms with E-state index in [-0.39, 0.29) is 11.1 Å². The lowest BCUT2D eigenvalue weighted by molar-refractivity contribution is -0.137. The minimum absolute atomic E-state index is 0.0322. The summed E-state index contributed by atoms with van der Waals surface area (Å²) >= 11 is 5.92. The van der Waals surface area contributed by atoms with Gasteiger partial charge in [-0.15, -0.1) is 11.6 Å². The molecule has 1 N–H and O–H groups in total. The number of benzene rings is 1. The molecule has 1 aromatic rings. The summed E-state index contributed by atoms with van der Waals surface area (Å²) in [5, 5.41) is 2.53. The van der Waals surface area contributed by atoms with E-state index in [4.69, 9.17) is 11.6 Å². The van der Waals surface area contributed by atoms with Crippen LogP contribution in [0.15, 0.2) is 18.2 Å². The van der Waals surface area contributed by atoms with Crippen molar-refractivity contribution in [3.05, 3.63) is 29.6 Å². The largest absolute Gasteiger partial charge is 0.416 e. The second-order valence-electron chi connectivity index (χ2n) is 3.96. The fourth-order valence-corrected chi connectivity index (χ4v) is 1.77. The summed E-state index contributed by atoms with van der Waals surface area (Å²) in [7, 11) is 0. The molecule has 0 aromatic heterocycles. The molecule has 1 unspecified atom stereocenters. The molecule has 0 bridgehead atoms. The predicted octanol–water partition coefficient (Wildman–Crippen LogP) is 4.66. The Kier molecular flexibility index (Phi) is 5.26. The Hall–Kier alpha value is -0.970. The second kappa shape index (κ2) is 6.27. The second-order valence-corrected chi connectivity index (χ2v) is 4.58. The van der Waals surface area contributed by atoms with Crippen molar-refractivity contribution in [3.63, 3.8) is 0 Å². The van der Waals surface area contributed by atoms with Crippen LogP contribution in [0.25, 0.3) is 0 Å². The average molecular weight is 284 g/mol. The summed E-state index contributed by atoms with van der Waals surface area (Å²) < 4.78 is 50.3. The number of rotatable bonds is 5. The van der Waals surface area contributed by atoms with Gasteiger partial charge in [0.15, 0.2) is 0 Å². The molecular weight excluding hydrogens is 270 g/mol. The number of nitrogens with one attached hydrogen (secondary N) is 1. The molecule has 0 fully saturated rings. The highest BCUT2D eigenvalue weighted by Crippen LogP contribution is 2.31. The summed E-state index contributed by atoms with van der Waals surface area (Å²) in [6, 6.07) is 2.40. The van der Waals surface area contributed by atoms with Gasteiger partial charge in [0.05, 0.1) is 16.6 Å². The molecule has 0 saturated carbocycles. The van der Waals surface area contributed by atoms with E-state index in [0.29, 0.717) is 12.6 Å². The smallest absolute Gasteiger partial charge is 0.381 e. The highest BCUT2D eigenvalue weighted by atomic mass is 35.5. The van der Waals surface area contributed by atoms with Crippen molar-refractivity contribution in [2.24, 2.45) is 0 Å². The van der Waals surface area contributed by atoms with Crippen molar-refractivity contribution in [2.45, 2.75) is 31.3 Å². The van der Waals surface area contributed by atoms with E-state index >= 15 is 0 Å². The SMILES string of the molecule is CCCC(Cl)CNc1ccc(C(F)(F)F)cc1F. The third-order valence-electron chi connectivity index (χ3n) is 2.41. The zero-order valence-corrected chi connectivity index (χ0v) is 10.6. The maximum Gasteiger partial charge on any atom is 0.416 e. The maximum absolute atomic E-state index is 13.4. The molecule has 0 aliphatic rings. The Morgan fingerprint density at radius 1 is 1.33 bits per heavy atom. The summed E-state index contributed by atoms with van der Waals surface area (Å²) in [5.74, 6) is -0.926. The van der Waals surface area contributed by atoms with Crippen molar-refractivity contribution >= 4 is 17.3 Å². The third kappa shape index (κ3) is 4.37. The lowest BCUT2D eigenvalue weighted by Crippen LogP contribution is -2.15. The van der Waals surface area contributed by atoms with Crippen LogP contribution in [0, 0.1) is 5.82 Å². The number of alkyl halides is 4. The van der Waals surface area contributed by atoms with E-state index in [1.165, 1.54) is 0 Å². The van der Waals surface area contributed by atoms with Gasteiger partial charge >= 0.3 is 6.18 Å². The van der Waals surface area contributed by atoms with Gasteiger partial charge in [0.25, 0.3) is 0 Å². The molecule has 1 nitrogen and oxygen atoms in total. The Morgan fingerprint density at radius 2 is 2.00 bits per heavy atom. The van der Waals surface area contributed by atoms with Crippen LogP contribution in [0.4, 0.5) is 23.2 Å². The van der Waals surface area contributed by atoms with E-state index in [9.17, 15) is 17.6 Å². The third-order valence-corrected chi connectivity index (χ3v) is 2.78. The van der Waals surface area contributed by atoms with Crippen LogP contribution in [0.1, 0.15) is 25.3 Å². The molecule has 1 aromatic carbocycles. The van der Waals surface area contributed by atoms with E-state index in [0.717, 1.165) is 25.0 Å². The average Bonchev–Trinajstić information content (AvgIpc) is 2.26. The summed E-state index contributed by atoms with van der Waals surface area (Å²) in [6.45, 7) is 2.28. The van der Waals surface area contributed by atoms with Crippen LogP contribution in [-0.2, 0) is 6.18 Å². The lowest BCUT2D eigenvalue weighted by atomic mass is 10.2. The molecule has 6 heteroatoms. The Balaban J connectivity index is 2.69. The van der Waals surface area contributed by atoms with Gasteiger partial charge in [-0.2, -0.15) is 13.2 Å². The topological polar surface area (TPSA) is 12.0 Å². The van der Waals surface area contributed by atoms with Gasteiger partial charge in [0.1, 0.15) is 5.82 Å². The first-order valence-corrected chi connectivity index (χ1v) is 6.03. The van der Waals surface area contributed by atoms with Crippen molar-refractivity contribution in [1.29, 1.82) is 0 Å². The molecule has 0 saturated heterocycles. The van der Waals surface area contributed by atoms with Crippen molar-refractivity contribution in [1.82, 2.24) is 0 Å². The molecule has 18 heavy (non-hydrogen) atoms. The fourth-order valence-electron chi connectivity index (χ4n) is 1.47. The van der Waals surface area contributed by atoms with E-state index in [2.05, 4.69) is 5.32 Å². The van der Waals surface area contributed by atoms with Crippen molar-refractivity contribution in [2.75, 3.05) is 11.9 Å². The summed E-state index contributed by atoms with van der Waals surface area (Å²) in [6.07, 6.45) is -2.88. The van der Waals surface area contributed by atoms with E-state index in [1.54, 1.807) is 0 Å². The van der Waals surface area contributed by atoms with E-state index in [1.807, 2.05) is 6.92 Å².